The van der Waals surface area contributed by atoms with Crippen molar-refractivity contribution in [1.29, 1.82) is 0 Å². The van der Waals surface area contributed by atoms with Gasteiger partial charge in [0, 0.05) is 25.2 Å². The Bertz CT molecular complexity index is 828. The molecule has 1 saturated heterocycles. The highest BCUT2D eigenvalue weighted by atomic mass is 16.4. The lowest BCUT2D eigenvalue weighted by Crippen LogP contribution is -2.28. The summed E-state index contributed by atoms with van der Waals surface area (Å²) in [5.74, 6) is -1.69. The van der Waals surface area contributed by atoms with E-state index in [2.05, 4.69) is 5.32 Å². The first-order valence-corrected chi connectivity index (χ1v) is 8.40. The third-order valence-electron chi connectivity index (χ3n) is 4.48. The molecule has 0 radical (unpaired) electrons. The van der Waals surface area contributed by atoms with E-state index < -0.39 is 11.9 Å². The van der Waals surface area contributed by atoms with E-state index in [0.717, 1.165) is 11.1 Å². The van der Waals surface area contributed by atoms with Crippen molar-refractivity contribution >= 4 is 23.5 Å². The van der Waals surface area contributed by atoms with E-state index >= 15 is 0 Å². The van der Waals surface area contributed by atoms with Gasteiger partial charge in [0.25, 0.3) is 0 Å². The van der Waals surface area contributed by atoms with Crippen LogP contribution in [-0.4, -0.2) is 34.3 Å². The first kappa shape index (κ1) is 17.7. The Morgan fingerprint density at radius 3 is 2.38 bits per heavy atom. The highest BCUT2D eigenvalue weighted by Crippen LogP contribution is 2.22. The minimum atomic E-state index is -1.02. The van der Waals surface area contributed by atoms with Crippen molar-refractivity contribution in [2.45, 2.75) is 19.9 Å². The molecule has 0 bridgehead atoms. The fourth-order valence-corrected chi connectivity index (χ4v) is 2.95. The number of amides is 2. The van der Waals surface area contributed by atoms with E-state index in [0.29, 0.717) is 18.8 Å². The lowest BCUT2D eigenvalue weighted by Gasteiger charge is -2.17. The van der Waals surface area contributed by atoms with Crippen molar-refractivity contribution in [3.63, 3.8) is 0 Å². The molecule has 0 aromatic heterocycles. The monoisotopic (exact) mass is 352 g/mol. The molecular weight excluding hydrogens is 332 g/mol. The molecule has 1 heterocycles. The van der Waals surface area contributed by atoms with Gasteiger partial charge in [-0.2, -0.15) is 0 Å². The Hall–Kier alpha value is -3.15. The van der Waals surface area contributed by atoms with Crippen molar-refractivity contribution in [3.05, 3.63) is 65.2 Å². The van der Waals surface area contributed by atoms with E-state index in [-0.39, 0.29) is 23.8 Å². The number of carboxylic acids is 1. The summed E-state index contributed by atoms with van der Waals surface area (Å²) < 4.78 is 0. The average Bonchev–Trinajstić information content (AvgIpc) is 2.98. The molecule has 6 heteroatoms. The number of carbonyl (C=O) groups is 3. The maximum absolute atomic E-state index is 12.4. The molecular formula is C20H20N2O4. The van der Waals surface area contributed by atoms with Crippen molar-refractivity contribution in [3.8, 4) is 0 Å². The SMILES string of the molecule is Cc1ccc(CN2C[C@H](C(=O)Nc3ccc(C(=O)O)cc3)CC2=O)cc1. The number of hydrogen-bond acceptors (Lipinski definition) is 3. The number of hydrogen-bond donors (Lipinski definition) is 2. The van der Waals surface area contributed by atoms with Gasteiger partial charge in [0.05, 0.1) is 11.5 Å². The van der Waals surface area contributed by atoms with E-state index in [1.54, 1.807) is 17.0 Å². The van der Waals surface area contributed by atoms with E-state index in [9.17, 15) is 14.4 Å². The second-order valence-corrected chi connectivity index (χ2v) is 6.53. The molecule has 2 aromatic rings. The Balaban J connectivity index is 1.59. The number of nitrogens with one attached hydrogen (secondary N) is 1. The van der Waals surface area contributed by atoms with Crippen LogP contribution in [0.3, 0.4) is 0 Å². The van der Waals surface area contributed by atoms with Crippen LogP contribution in [0.25, 0.3) is 0 Å². The summed E-state index contributed by atoms with van der Waals surface area (Å²) in [5, 5.41) is 11.6. The van der Waals surface area contributed by atoms with Gasteiger partial charge in [-0.25, -0.2) is 4.79 Å². The standard InChI is InChI=1S/C20H20N2O4/c1-13-2-4-14(5-3-13)11-22-12-16(10-18(22)23)19(24)21-17-8-6-15(7-9-17)20(25)26/h2-9,16H,10-12H2,1H3,(H,21,24)(H,25,26)/t16-/m1/s1. The number of likely N-dealkylation sites (tertiary alicyclic amines) is 1. The number of benzene rings is 2. The Labute approximate surface area is 151 Å². The molecule has 6 nitrogen and oxygen atoms in total. The largest absolute Gasteiger partial charge is 0.478 e. The first-order valence-electron chi connectivity index (χ1n) is 8.40. The predicted molar refractivity (Wildman–Crippen MR) is 96.7 cm³/mol. The molecule has 2 amide bonds. The summed E-state index contributed by atoms with van der Waals surface area (Å²) in [4.78, 5) is 37.2. The normalized spacial score (nSPS) is 16.6. The molecule has 0 saturated carbocycles. The number of carbonyl (C=O) groups excluding carboxylic acids is 2. The molecule has 1 aliphatic heterocycles. The second kappa shape index (κ2) is 7.39. The molecule has 1 atom stereocenters. The van der Waals surface area contributed by atoms with Crippen molar-refractivity contribution < 1.29 is 19.5 Å². The summed E-state index contributed by atoms with van der Waals surface area (Å²) in [6.45, 7) is 2.89. The maximum Gasteiger partial charge on any atom is 0.335 e. The van der Waals surface area contributed by atoms with Crippen molar-refractivity contribution in [2.24, 2.45) is 5.92 Å². The minimum Gasteiger partial charge on any atom is -0.478 e. The van der Waals surface area contributed by atoms with E-state index in [4.69, 9.17) is 5.11 Å². The molecule has 2 N–H and O–H groups in total. The van der Waals surface area contributed by atoms with Gasteiger partial charge in [0.1, 0.15) is 0 Å². The molecule has 3 rings (SSSR count). The van der Waals surface area contributed by atoms with Gasteiger partial charge in [-0.3, -0.25) is 9.59 Å². The summed E-state index contributed by atoms with van der Waals surface area (Å²) >= 11 is 0. The fourth-order valence-electron chi connectivity index (χ4n) is 2.95. The number of aryl methyl sites for hydroxylation is 1. The summed E-state index contributed by atoms with van der Waals surface area (Å²) in [6, 6.07) is 13.9. The molecule has 1 fully saturated rings. The smallest absolute Gasteiger partial charge is 0.335 e. The summed E-state index contributed by atoms with van der Waals surface area (Å²) in [6.07, 6.45) is 0.185. The molecule has 0 spiro atoms. The van der Waals surface area contributed by atoms with Crippen LogP contribution >= 0.6 is 0 Å². The van der Waals surface area contributed by atoms with E-state index in [1.807, 2.05) is 31.2 Å². The number of aromatic carboxylic acids is 1. The van der Waals surface area contributed by atoms with Crippen LogP contribution in [0.4, 0.5) is 5.69 Å². The third-order valence-corrected chi connectivity index (χ3v) is 4.48. The molecule has 0 unspecified atom stereocenters. The zero-order valence-electron chi connectivity index (χ0n) is 14.4. The van der Waals surface area contributed by atoms with Crippen molar-refractivity contribution in [1.82, 2.24) is 4.90 Å². The Kier molecular flexibility index (Phi) is 5.02. The maximum atomic E-state index is 12.4. The number of carboxylic acid groups (broad SMARTS) is 1. The molecule has 134 valence electrons. The predicted octanol–water partition coefficient (Wildman–Crippen LogP) is 2.68. The van der Waals surface area contributed by atoms with Gasteiger partial charge < -0.3 is 15.3 Å². The number of anilines is 1. The number of rotatable bonds is 5. The van der Waals surface area contributed by atoms with Crippen LogP contribution in [0.2, 0.25) is 0 Å². The van der Waals surface area contributed by atoms with Crippen LogP contribution in [-0.2, 0) is 16.1 Å². The Morgan fingerprint density at radius 1 is 1.12 bits per heavy atom. The van der Waals surface area contributed by atoms with Gasteiger partial charge in [-0.1, -0.05) is 29.8 Å². The lowest BCUT2D eigenvalue weighted by atomic mass is 10.1. The fraction of sp³-hybridized carbons (Fsp3) is 0.250. The van der Waals surface area contributed by atoms with Gasteiger partial charge in [-0.15, -0.1) is 0 Å². The second-order valence-electron chi connectivity index (χ2n) is 6.53. The van der Waals surface area contributed by atoms with Crippen LogP contribution in [0, 0.1) is 12.8 Å². The molecule has 0 aliphatic carbocycles. The zero-order valence-corrected chi connectivity index (χ0v) is 14.4. The summed E-state index contributed by atoms with van der Waals surface area (Å²) in [7, 11) is 0. The highest BCUT2D eigenvalue weighted by molar-refractivity contribution is 5.97. The van der Waals surface area contributed by atoms with Gasteiger partial charge >= 0.3 is 5.97 Å². The minimum absolute atomic E-state index is 0.0352. The quantitative estimate of drug-likeness (QED) is 0.866. The van der Waals surface area contributed by atoms with Crippen LogP contribution in [0.5, 0.6) is 0 Å². The van der Waals surface area contributed by atoms with E-state index in [1.165, 1.54) is 12.1 Å². The zero-order chi connectivity index (χ0) is 18.7. The number of nitrogens with zero attached hydrogens (tertiary/aromatic N) is 1. The third kappa shape index (κ3) is 4.08. The van der Waals surface area contributed by atoms with Crippen LogP contribution in [0.1, 0.15) is 27.9 Å². The topological polar surface area (TPSA) is 86.7 Å². The Morgan fingerprint density at radius 2 is 1.77 bits per heavy atom. The summed E-state index contributed by atoms with van der Waals surface area (Å²) in [5.41, 5.74) is 2.87. The van der Waals surface area contributed by atoms with Gasteiger partial charge in [0.15, 0.2) is 0 Å². The molecule has 1 aliphatic rings. The highest BCUT2D eigenvalue weighted by Gasteiger charge is 2.34. The van der Waals surface area contributed by atoms with Gasteiger partial charge in [-0.05, 0) is 36.8 Å². The molecule has 2 aromatic carbocycles. The van der Waals surface area contributed by atoms with Crippen LogP contribution < -0.4 is 5.32 Å². The van der Waals surface area contributed by atoms with Crippen molar-refractivity contribution in [2.75, 3.05) is 11.9 Å². The first-order chi connectivity index (χ1) is 12.4. The van der Waals surface area contributed by atoms with Crippen LogP contribution in [0.15, 0.2) is 48.5 Å². The average molecular weight is 352 g/mol. The molecule has 26 heavy (non-hydrogen) atoms. The lowest BCUT2D eigenvalue weighted by molar-refractivity contribution is -0.128. The van der Waals surface area contributed by atoms with Gasteiger partial charge in [0.2, 0.25) is 11.8 Å².